The van der Waals surface area contributed by atoms with Gasteiger partial charge in [0.1, 0.15) is 17.1 Å². The van der Waals surface area contributed by atoms with Crippen molar-refractivity contribution < 1.29 is 19.1 Å². The monoisotopic (exact) mass is 447 g/mol. The second-order valence-corrected chi connectivity index (χ2v) is 8.55. The van der Waals surface area contributed by atoms with Gasteiger partial charge in [0.15, 0.2) is 12.1 Å². The first kappa shape index (κ1) is 23.9. The average Bonchev–Trinajstić information content (AvgIpc) is 2.82. The predicted molar refractivity (Wildman–Crippen MR) is 128 cm³/mol. The van der Waals surface area contributed by atoms with E-state index in [2.05, 4.69) is 36.1 Å². The molecule has 0 fully saturated rings. The average molecular weight is 448 g/mol. The number of aromatic nitrogens is 2. The Kier molecular flexibility index (Phi) is 7.43. The first-order valence-electron chi connectivity index (χ1n) is 10.8. The minimum absolute atomic E-state index is 0.101. The van der Waals surface area contributed by atoms with E-state index in [9.17, 15) is 9.59 Å². The summed E-state index contributed by atoms with van der Waals surface area (Å²) in [5.41, 5.74) is 3.24. The highest BCUT2D eigenvalue weighted by Gasteiger charge is 2.20. The lowest BCUT2D eigenvalue weighted by Gasteiger charge is -2.20. The summed E-state index contributed by atoms with van der Waals surface area (Å²) in [4.78, 5) is 33.3. The summed E-state index contributed by atoms with van der Waals surface area (Å²) in [6, 6.07) is 13.2. The lowest BCUT2D eigenvalue weighted by atomic mass is 9.85. The Hall–Kier alpha value is -3.74. The first-order valence-corrected chi connectivity index (χ1v) is 10.8. The van der Waals surface area contributed by atoms with Gasteiger partial charge < -0.3 is 14.8 Å². The Balaban J connectivity index is 1.98. The van der Waals surface area contributed by atoms with Gasteiger partial charge in [-0.2, -0.15) is 0 Å². The van der Waals surface area contributed by atoms with Gasteiger partial charge in [0.05, 0.1) is 13.7 Å². The first-order chi connectivity index (χ1) is 15.8. The zero-order valence-corrected chi connectivity index (χ0v) is 19.6. The lowest BCUT2D eigenvalue weighted by molar-refractivity contribution is 0.0526. The van der Waals surface area contributed by atoms with Gasteiger partial charge in [0.25, 0.3) is 0 Å². The van der Waals surface area contributed by atoms with Crippen LogP contribution >= 0.6 is 0 Å². The number of nitrogens with one attached hydrogen (secondary N) is 1. The molecule has 0 amide bonds. The molecular weight excluding hydrogens is 418 g/mol. The van der Waals surface area contributed by atoms with Gasteiger partial charge in [-0.25, -0.2) is 14.8 Å². The summed E-state index contributed by atoms with van der Waals surface area (Å²) in [5, 5.41) is 3.21. The molecule has 33 heavy (non-hydrogen) atoms. The topological polar surface area (TPSA) is 90.4 Å². The second-order valence-electron chi connectivity index (χ2n) is 8.55. The van der Waals surface area contributed by atoms with Crippen molar-refractivity contribution in [3.8, 4) is 17.1 Å². The molecule has 0 unspecified atom stereocenters. The molecule has 3 rings (SSSR count). The van der Waals surface area contributed by atoms with Crippen LogP contribution in [0.1, 0.15) is 59.5 Å². The Morgan fingerprint density at radius 1 is 1.12 bits per heavy atom. The van der Waals surface area contributed by atoms with Gasteiger partial charge in [-0.1, -0.05) is 45.0 Å². The quantitative estimate of drug-likeness (QED) is 0.382. The molecule has 3 aromatic rings. The fraction of sp³-hybridized carbons (Fsp3) is 0.308. The molecule has 0 bridgehead atoms. The van der Waals surface area contributed by atoms with Gasteiger partial charge in [0, 0.05) is 23.9 Å². The number of benzene rings is 2. The summed E-state index contributed by atoms with van der Waals surface area (Å²) < 4.78 is 10.4. The predicted octanol–water partition coefficient (Wildman–Crippen LogP) is 5.05. The minimum atomic E-state index is -0.514. The van der Waals surface area contributed by atoms with Crippen LogP contribution in [0.3, 0.4) is 0 Å². The molecule has 0 spiro atoms. The van der Waals surface area contributed by atoms with Crippen LogP contribution in [-0.2, 0) is 16.7 Å². The highest BCUT2D eigenvalue weighted by atomic mass is 16.5. The molecule has 2 aromatic carbocycles. The maximum atomic E-state index is 12.5. The Morgan fingerprint density at radius 3 is 2.45 bits per heavy atom. The van der Waals surface area contributed by atoms with Crippen LogP contribution in [0.2, 0.25) is 0 Å². The fourth-order valence-electron chi connectivity index (χ4n) is 3.26. The molecule has 1 N–H and O–H groups in total. The van der Waals surface area contributed by atoms with Crippen molar-refractivity contribution in [2.24, 2.45) is 0 Å². The van der Waals surface area contributed by atoms with Gasteiger partial charge in [0.2, 0.25) is 0 Å². The molecule has 0 aliphatic rings. The van der Waals surface area contributed by atoms with Crippen LogP contribution in [0.4, 0.5) is 5.82 Å². The van der Waals surface area contributed by atoms with E-state index >= 15 is 0 Å². The number of rotatable bonds is 8. The van der Waals surface area contributed by atoms with Gasteiger partial charge in [-0.05, 0) is 41.7 Å². The molecule has 7 heteroatoms. The zero-order chi connectivity index (χ0) is 24.0. The number of nitrogens with zero attached hydrogens (tertiary/aromatic N) is 2. The van der Waals surface area contributed by atoms with Crippen molar-refractivity contribution in [2.45, 2.75) is 39.7 Å². The summed E-state index contributed by atoms with van der Waals surface area (Å²) in [6.45, 7) is 8.66. The Morgan fingerprint density at radius 2 is 1.85 bits per heavy atom. The van der Waals surface area contributed by atoms with Crippen molar-refractivity contribution >= 4 is 18.1 Å². The third-order valence-electron chi connectivity index (χ3n) is 5.19. The van der Waals surface area contributed by atoms with Crippen LogP contribution in [0, 0.1) is 0 Å². The van der Waals surface area contributed by atoms with E-state index in [1.54, 1.807) is 14.0 Å². The van der Waals surface area contributed by atoms with E-state index in [1.807, 2.05) is 42.5 Å². The van der Waals surface area contributed by atoms with Crippen molar-refractivity contribution in [3.05, 3.63) is 70.9 Å². The van der Waals surface area contributed by atoms with Crippen LogP contribution in [0.5, 0.6) is 5.75 Å². The SMILES string of the molecule is CCOC(=O)c1cnc(-c2ccc(C(C)(C)C)cc2C=O)nc1NCc1ccc(OC)cc1. The van der Waals surface area contributed by atoms with Gasteiger partial charge in [-0.15, -0.1) is 0 Å². The summed E-state index contributed by atoms with van der Waals surface area (Å²) >= 11 is 0. The molecule has 1 heterocycles. The molecule has 0 saturated carbocycles. The standard InChI is InChI=1S/C26H29N3O4/c1-6-33-25(31)22-15-28-23(21-12-9-19(26(2,3)4)13-18(21)16-30)29-24(22)27-14-17-7-10-20(32-5)11-8-17/h7-13,15-16H,6,14H2,1-5H3,(H,27,28,29). The second kappa shape index (κ2) is 10.3. The molecule has 0 aliphatic heterocycles. The van der Waals surface area contributed by atoms with E-state index in [0.717, 1.165) is 23.2 Å². The molecule has 0 saturated heterocycles. The third kappa shape index (κ3) is 5.74. The Bertz CT molecular complexity index is 1140. The highest BCUT2D eigenvalue weighted by Crippen LogP contribution is 2.29. The summed E-state index contributed by atoms with van der Waals surface area (Å²) in [7, 11) is 1.61. The van der Waals surface area contributed by atoms with Gasteiger partial charge >= 0.3 is 5.97 Å². The number of esters is 1. The fourth-order valence-corrected chi connectivity index (χ4v) is 3.26. The van der Waals surface area contributed by atoms with Crippen molar-refractivity contribution in [1.82, 2.24) is 9.97 Å². The van der Waals surface area contributed by atoms with E-state index in [0.29, 0.717) is 29.3 Å². The van der Waals surface area contributed by atoms with E-state index in [4.69, 9.17) is 9.47 Å². The van der Waals surface area contributed by atoms with E-state index in [1.165, 1.54) is 6.20 Å². The summed E-state index contributed by atoms with van der Waals surface area (Å²) in [6.07, 6.45) is 2.24. The smallest absolute Gasteiger partial charge is 0.343 e. The summed E-state index contributed by atoms with van der Waals surface area (Å²) in [5.74, 6) is 0.934. The number of hydrogen-bond acceptors (Lipinski definition) is 7. The maximum absolute atomic E-state index is 12.5. The normalized spacial score (nSPS) is 11.1. The lowest BCUT2D eigenvalue weighted by Crippen LogP contribution is -2.14. The molecule has 0 aliphatic carbocycles. The van der Waals surface area contributed by atoms with Crippen molar-refractivity contribution in [3.63, 3.8) is 0 Å². The molecule has 7 nitrogen and oxygen atoms in total. The van der Waals surface area contributed by atoms with E-state index < -0.39 is 5.97 Å². The number of carbonyl (C=O) groups excluding carboxylic acids is 2. The molecule has 172 valence electrons. The number of ether oxygens (including phenoxy) is 2. The van der Waals surface area contributed by atoms with Crippen LogP contribution in [-0.4, -0.2) is 35.9 Å². The number of carbonyl (C=O) groups is 2. The van der Waals surface area contributed by atoms with Crippen molar-refractivity contribution in [1.29, 1.82) is 0 Å². The maximum Gasteiger partial charge on any atom is 0.343 e. The molecule has 1 aromatic heterocycles. The highest BCUT2D eigenvalue weighted by molar-refractivity contribution is 5.95. The van der Waals surface area contributed by atoms with E-state index in [-0.39, 0.29) is 17.6 Å². The number of aldehydes is 1. The number of anilines is 1. The van der Waals surface area contributed by atoms with Crippen LogP contribution < -0.4 is 10.1 Å². The molecule has 0 radical (unpaired) electrons. The van der Waals surface area contributed by atoms with Crippen LogP contribution in [0.15, 0.2) is 48.7 Å². The molecular formula is C26H29N3O4. The van der Waals surface area contributed by atoms with Crippen LogP contribution in [0.25, 0.3) is 11.4 Å². The third-order valence-corrected chi connectivity index (χ3v) is 5.19. The molecule has 0 atom stereocenters. The zero-order valence-electron chi connectivity index (χ0n) is 19.6. The van der Waals surface area contributed by atoms with Gasteiger partial charge in [-0.3, -0.25) is 4.79 Å². The largest absolute Gasteiger partial charge is 0.497 e. The van der Waals surface area contributed by atoms with Crippen molar-refractivity contribution in [2.75, 3.05) is 19.0 Å². The Labute approximate surface area is 194 Å². The number of hydrogen-bond donors (Lipinski definition) is 1. The minimum Gasteiger partial charge on any atom is -0.497 e. The number of methoxy groups -OCH3 is 1.